The molecule has 0 radical (unpaired) electrons. The summed E-state index contributed by atoms with van der Waals surface area (Å²) in [5, 5.41) is 0. The van der Waals surface area contributed by atoms with Crippen molar-refractivity contribution in [1.29, 1.82) is 0 Å². The maximum atomic E-state index is 6.16. The standard InChI is InChI=1S/C17H37N.BrH/c1-3-5-7-9-11-13-15-17(18)16-14-12-10-8-6-4-2;/h17H,3-16,18H2,1-2H3;1H. The molecule has 0 saturated heterocycles. The zero-order valence-electron chi connectivity index (χ0n) is 13.5. The Hall–Kier alpha value is 0.440. The molecular weight excluding hydrogens is 298 g/mol. The molecule has 0 aromatic rings. The van der Waals surface area contributed by atoms with E-state index in [9.17, 15) is 0 Å². The van der Waals surface area contributed by atoms with Gasteiger partial charge in [-0.15, -0.1) is 17.0 Å². The minimum absolute atomic E-state index is 0. The Morgan fingerprint density at radius 1 is 0.579 bits per heavy atom. The van der Waals surface area contributed by atoms with Crippen LogP contribution >= 0.6 is 17.0 Å². The van der Waals surface area contributed by atoms with Crippen LogP contribution in [-0.4, -0.2) is 6.04 Å². The quantitative estimate of drug-likeness (QED) is 0.365. The minimum atomic E-state index is 0. The summed E-state index contributed by atoms with van der Waals surface area (Å²) in [6, 6.07) is 0.474. The molecule has 0 aliphatic heterocycles. The maximum absolute atomic E-state index is 6.16. The highest BCUT2D eigenvalue weighted by molar-refractivity contribution is 8.93. The molecule has 2 N–H and O–H groups in total. The van der Waals surface area contributed by atoms with Crippen LogP contribution < -0.4 is 5.73 Å². The SMILES string of the molecule is Br.CCCCCCCCC(N)CCCCCCCC. The summed E-state index contributed by atoms with van der Waals surface area (Å²) in [4.78, 5) is 0. The van der Waals surface area contributed by atoms with Crippen molar-refractivity contribution in [3.63, 3.8) is 0 Å². The second kappa shape index (κ2) is 18.4. The van der Waals surface area contributed by atoms with Gasteiger partial charge >= 0.3 is 0 Å². The Kier molecular flexibility index (Phi) is 21.1. The van der Waals surface area contributed by atoms with Gasteiger partial charge in [-0.3, -0.25) is 0 Å². The van der Waals surface area contributed by atoms with E-state index >= 15 is 0 Å². The third-order valence-corrected chi connectivity index (χ3v) is 3.86. The van der Waals surface area contributed by atoms with Crippen molar-refractivity contribution >= 4 is 17.0 Å². The molecule has 118 valence electrons. The van der Waals surface area contributed by atoms with Gasteiger partial charge in [-0.2, -0.15) is 0 Å². The van der Waals surface area contributed by atoms with E-state index in [-0.39, 0.29) is 17.0 Å². The molecule has 0 spiro atoms. The Bertz CT molecular complexity index is 134. The van der Waals surface area contributed by atoms with Crippen LogP contribution in [0.3, 0.4) is 0 Å². The molecule has 1 nitrogen and oxygen atoms in total. The summed E-state index contributed by atoms with van der Waals surface area (Å²) in [6.07, 6.45) is 19.2. The first kappa shape index (κ1) is 21.7. The summed E-state index contributed by atoms with van der Waals surface area (Å²) in [5.41, 5.74) is 6.16. The monoisotopic (exact) mass is 335 g/mol. The van der Waals surface area contributed by atoms with E-state index in [1.165, 1.54) is 89.9 Å². The normalized spacial score (nSPS) is 10.7. The molecule has 0 atom stereocenters. The lowest BCUT2D eigenvalue weighted by molar-refractivity contribution is 0.484. The lowest BCUT2D eigenvalue weighted by Crippen LogP contribution is -2.19. The van der Waals surface area contributed by atoms with Gasteiger partial charge in [-0.05, 0) is 12.8 Å². The van der Waals surface area contributed by atoms with Crippen LogP contribution in [0.25, 0.3) is 0 Å². The number of unbranched alkanes of at least 4 members (excludes halogenated alkanes) is 10. The van der Waals surface area contributed by atoms with Crippen LogP contribution in [-0.2, 0) is 0 Å². The van der Waals surface area contributed by atoms with Crippen molar-refractivity contribution in [2.24, 2.45) is 5.73 Å². The molecule has 0 unspecified atom stereocenters. The highest BCUT2D eigenvalue weighted by Crippen LogP contribution is 2.12. The van der Waals surface area contributed by atoms with Crippen LogP contribution in [0, 0.1) is 0 Å². The van der Waals surface area contributed by atoms with Crippen molar-refractivity contribution in [2.75, 3.05) is 0 Å². The summed E-state index contributed by atoms with van der Waals surface area (Å²) < 4.78 is 0. The van der Waals surface area contributed by atoms with Gasteiger partial charge in [0.2, 0.25) is 0 Å². The van der Waals surface area contributed by atoms with Crippen molar-refractivity contribution in [2.45, 2.75) is 110 Å². The van der Waals surface area contributed by atoms with Crippen LogP contribution in [0.5, 0.6) is 0 Å². The van der Waals surface area contributed by atoms with Gasteiger partial charge < -0.3 is 5.73 Å². The van der Waals surface area contributed by atoms with E-state index < -0.39 is 0 Å². The molecule has 19 heavy (non-hydrogen) atoms. The van der Waals surface area contributed by atoms with Gasteiger partial charge in [0.25, 0.3) is 0 Å². The lowest BCUT2D eigenvalue weighted by Gasteiger charge is -2.11. The molecule has 0 bridgehead atoms. The van der Waals surface area contributed by atoms with E-state index in [1.54, 1.807) is 0 Å². The van der Waals surface area contributed by atoms with Crippen molar-refractivity contribution in [3.05, 3.63) is 0 Å². The Balaban J connectivity index is 0. The topological polar surface area (TPSA) is 26.0 Å². The van der Waals surface area contributed by atoms with Gasteiger partial charge in [0.05, 0.1) is 0 Å². The third kappa shape index (κ3) is 18.4. The molecule has 0 heterocycles. The Labute approximate surface area is 132 Å². The fraction of sp³-hybridized carbons (Fsp3) is 1.00. The summed E-state index contributed by atoms with van der Waals surface area (Å²) >= 11 is 0. The molecule has 0 aromatic carbocycles. The second-order valence-electron chi connectivity index (χ2n) is 5.87. The van der Waals surface area contributed by atoms with Crippen LogP contribution in [0.2, 0.25) is 0 Å². The third-order valence-electron chi connectivity index (χ3n) is 3.86. The second-order valence-corrected chi connectivity index (χ2v) is 5.87. The zero-order valence-corrected chi connectivity index (χ0v) is 15.2. The van der Waals surface area contributed by atoms with Gasteiger partial charge in [0, 0.05) is 6.04 Å². The van der Waals surface area contributed by atoms with Gasteiger partial charge in [0.1, 0.15) is 0 Å². The fourth-order valence-electron chi connectivity index (χ4n) is 2.52. The van der Waals surface area contributed by atoms with Crippen molar-refractivity contribution < 1.29 is 0 Å². The maximum Gasteiger partial charge on any atom is 0.00388 e. The van der Waals surface area contributed by atoms with Crippen LogP contribution in [0.4, 0.5) is 0 Å². The zero-order chi connectivity index (χ0) is 13.5. The number of hydrogen-bond donors (Lipinski definition) is 1. The highest BCUT2D eigenvalue weighted by Gasteiger charge is 2.02. The van der Waals surface area contributed by atoms with Crippen molar-refractivity contribution in [1.82, 2.24) is 0 Å². The van der Waals surface area contributed by atoms with Gasteiger partial charge in [-0.25, -0.2) is 0 Å². The first-order valence-corrected chi connectivity index (χ1v) is 8.56. The Morgan fingerprint density at radius 3 is 1.26 bits per heavy atom. The molecule has 0 fully saturated rings. The van der Waals surface area contributed by atoms with E-state index in [4.69, 9.17) is 5.73 Å². The van der Waals surface area contributed by atoms with Crippen LogP contribution in [0.1, 0.15) is 104 Å². The number of rotatable bonds is 14. The molecule has 0 saturated carbocycles. The first-order chi connectivity index (χ1) is 8.81. The summed E-state index contributed by atoms with van der Waals surface area (Å²) in [7, 11) is 0. The molecule has 0 aliphatic carbocycles. The lowest BCUT2D eigenvalue weighted by atomic mass is 10.0. The van der Waals surface area contributed by atoms with E-state index in [1.807, 2.05) is 0 Å². The molecule has 0 amide bonds. The summed E-state index contributed by atoms with van der Waals surface area (Å²) in [5.74, 6) is 0. The van der Waals surface area contributed by atoms with Gasteiger partial charge in [0.15, 0.2) is 0 Å². The smallest absolute Gasteiger partial charge is 0.00388 e. The summed E-state index contributed by atoms with van der Waals surface area (Å²) in [6.45, 7) is 4.55. The first-order valence-electron chi connectivity index (χ1n) is 8.56. The number of nitrogens with two attached hydrogens (primary N) is 1. The largest absolute Gasteiger partial charge is 0.328 e. The molecule has 2 heteroatoms. The average molecular weight is 336 g/mol. The highest BCUT2D eigenvalue weighted by atomic mass is 79.9. The minimum Gasteiger partial charge on any atom is -0.328 e. The Morgan fingerprint density at radius 2 is 0.895 bits per heavy atom. The molecule has 0 rings (SSSR count). The van der Waals surface area contributed by atoms with E-state index in [2.05, 4.69) is 13.8 Å². The molecular formula is C17H38BrN. The predicted molar refractivity (Wildman–Crippen MR) is 94.3 cm³/mol. The van der Waals surface area contributed by atoms with Crippen molar-refractivity contribution in [3.8, 4) is 0 Å². The number of halogens is 1. The molecule has 0 aromatic heterocycles. The van der Waals surface area contributed by atoms with E-state index in [0.717, 1.165) is 0 Å². The average Bonchev–Trinajstić information content (AvgIpc) is 2.38. The predicted octanol–water partition coefficient (Wildman–Crippen LogP) is 6.39. The molecule has 0 aliphatic rings. The fourth-order valence-corrected chi connectivity index (χ4v) is 2.52. The van der Waals surface area contributed by atoms with Gasteiger partial charge in [-0.1, -0.05) is 90.9 Å². The van der Waals surface area contributed by atoms with Crippen LogP contribution in [0.15, 0.2) is 0 Å². The number of hydrogen-bond acceptors (Lipinski definition) is 1. The van der Waals surface area contributed by atoms with E-state index in [0.29, 0.717) is 6.04 Å².